The second-order valence-electron chi connectivity index (χ2n) is 6.55. The zero-order valence-corrected chi connectivity index (χ0v) is 15.8. The van der Waals surface area contributed by atoms with Crippen molar-refractivity contribution in [3.63, 3.8) is 0 Å². The van der Waals surface area contributed by atoms with Gasteiger partial charge in [0.25, 0.3) is 0 Å². The van der Waals surface area contributed by atoms with Crippen LogP contribution in [0.25, 0.3) is 0 Å². The lowest BCUT2D eigenvalue weighted by atomic mass is 9.86. The van der Waals surface area contributed by atoms with Crippen molar-refractivity contribution in [2.24, 2.45) is 10.9 Å². The number of aliphatic hydroxyl groups excluding tert-OH is 1. The molecule has 1 heterocycles. The molecule has 140 valence electrons. The van der Waals surface area contributed by atoms with Gasteiger partial charge in [-0.2, -0.15) is 0 Å². The molecule has 0 aromatic heterocycles. The zero-order chi connectivity index (χ0) is 17.9. The van der Waals surface area contributed by atoms with Gasteiger partial charge in [-0.1, -0.05) is 32.1 Å². The van der Waals surface area contributed by atoms with Gasteiger partial charge in [0.15, 0.2) is 0 Å². The van der Waals surface area contributed by atoms with Crippen molar-refractivity contribution < 1.29 is 13.9 Å². The smallest absolute Gasteiger partial charge is 0.247 e. The molecule has 1 N–H and O–H groups in total. The van der Waals surface area contributed by atoms with Gasteiger partial charge < -0.3 is 5.11 Å². The summed E-state index contributed by atoms with van der Waals surface area (Å²) in [6, 6.07) is 0.411. The van der Waals surface area contributed by atoms with Crippen LogP contribution in [0.5, 0.6) is 0 Å². The van der Waals surface area contributed by atoms with Gasteiger partial charge >= 0.3 is 0 Å². The molecule has 0 saturated heterocycles. The molecular weight excluding hydrogens is 330 g/mol. The monoisotopic (exact) mass is 362 g/mol. The fourth-order valence-corrected chi connectivity index (χ4v) is 4.50. The third-order valence-corrected chi connectivity index (χ3v) is 6.07. The van der Waals surface area contributed by atoms with Crippen LogP contribution < -0.4 is 0 Å². The molecule has 0 radical (unpaired) electrons. The van der Waals surface area contributed by atoms with Gasteiger partial charge in [0.05, 0.1) is 11.4 Å². The number of aliphatic imine (C=N–C) groups is 1. The summed E-state index contributed by atoms with van der Waals surface area (Å²) in [6.45, 7) is 7.70. The summed E-state index contributed by atoms with van der Waals surface area (Å²) in [5.74, 6) is 0.739. The Morgan fingerprint density at radius 2 is 1.96 bits per heavy atom. The van der Waals surface area contributed by atoms with E-state index in [0.29, 0.717) is 6.04 Å². The summed E-state index contributed by atoms with van der Waals surface area (Å²) in [5.41, 5.74) is 0.910. The molecule has 1 saturated carbocycles. The second-order valence-corrected chi connectivity index (χ2v) is 7.66. The van der Waals surface area contributed by atoms with Crippen LogP contribution in [0.4, 0.5) is 8.78 Å². The van der Waals surface area contributed by atoms with Crippen LogP contribution in [-0.4, -0.2) is 55.1 Å². The Balaban J connectivity index is 0.00000139. The maximum absolute atomic E-state index is 12.4. The first-order valence-electron chi connectivity index (χ1n) is 8.88. The minimum atomic E-state index is -2.26. The summed E-state index contributed by atoms with van der Waals surface area (Å²) in [4.78, 5) is 7.57. The summed E-state index contributed by atoms with van der Waals surface area (Å²) >= 11 is 1.26. The topological polar surface area (TPSA) is 35.8 Å². The highest BCUT2D eigenvalue weighted by molar-refractivity contribution is 8.03. The fourth-order valence-electron chi connectivity index (χ4n) is 3.52. The first kappa shape index (κ1) is 21.6. The van der Waals surface area contributed by atoms with E-state index in [1.54, 1.807) is 0 Å². The van der Waals surface area contributed by atoms with E-state index in [-0.39, 0.29) is 5.75 Å². The Morgan fingerprint density at radius 3 is 2.54 bits per heavy atom. The average molecular weight is 363 g/mol. The summed E-state index contributed by atoms with van der Waals surface area (Å²) < 4.78 is 24.8. The highest BCUT2D eigenvalue weighted by atomic mass is 32.2. The first-order valence-corrected chi connectivity index (χ1v) is 9.87. The van der Waals surface area contributed by atoms with Crippen LogP contribution in [0.1, 0.15) is 51.9 Å². The molecule has 3 nitrogen and oxygen atoms in total. The highest BCUT2D eigenvalue weighted by Gasteiger charge is 2.26. The van der Waals surface area contributed by atoms with Crippen molar-refractivity contribution >= 4 is 18.5 Å². The van der Waals surface area contributed by atoms with Gasteiger partial charge in [0, 0.05) is 24.6 Å². The molecule has 6 heteroatoms. The number of hydrogen-bond acceptors (Lipinski definition) is 4. The van der Waals surface area contributed by atoms with Gasteiger partial charge in [0.1, 0.15) is 0 Å². The second kappa shape index (κ2) is 12.0. The Labute approximate surface area is 149 Å². The van der Waals surface area contributed by atoms with Gasteiger partial charge in [-0.15, -0.1) is 11.8 Å². The Kier molecular flexibility index (Phi) is 10.8. The predicted molar refractivity (Wildman–Crippen MR) is 100 cm³/mol. The van der Waals surface area contributed by atoms with Gasteiger partial charge in [0.2, 0.25) is 6.43 Å². The largest absolute Gasteiger partial charge is 0.400 e. The number of nitrogens with zero attached hydrogens (tertiary/aromatic N) is 2. The normalized spacial score (nSPS) is 23.2. The summed E-state index contributed by atoms with van der Waals surface area (Å²) in [7, 11) is 1.00. The molecule has 24 heavy (non-hydrogen) atoms. The lowest BCUT2D eigenvalue weighted by Crippen LogP contribution is -2.39. The lowest BCUT2D eigenvalue weighted by molar-refractivity contribution is 0.176. The van der Waals surface area contributed by atoms with Crippen LogP contribution in [0.2, 0.25) is 0 Å². The van der Waals surface area contributed by atoms with Crippen molar-refractivity contribution in [3.05, 3.63) is 10.6 Å². The van der Waals surface area contributed by atoms with E-state index in [2.05, 4.69) is 23.5 Å². The van der Waals surface area contributed by atoms with Crippen molar-refractivity contribution in [2.45, 2.75) is 64.3 Å². The van der Waals surface area contributed by atoms with E-state index < -0.39 is 6.43 Å². The summed E-state index contributed by atoms with van der Waals surface area (Å²) in [5, 5.41) is 7.00. The fraction of sp³-hybridized carbons (Fsp3) is 0.833. The van der Waals surface area contributed by atoms with Crippen LogP contribution >= 0.6 is 11.8 Å². The number of hydrogen-bond donors (Lipinski definition) is 1. The minimum Gasteiger partial charge on any atom is -0.400 e. The zero-order valence-electron chi connectivity index (χ0n) is 15.0. The number of rotatable bonds is 7. The molecule has 2 rings (SSSR count). The predicted octanol–water partition coefficient (Wildman–Crippen LogP) is 4.57. The number of alkyl halides is 2. The molecule has 0 aromatic rings. The van der Waals surface area contributed by atoms with Gasteiger partial charge in [-0.25, -0.2) is 8.78 Å². The molecule has 0 aromatic carbocycles. The first-order chi connectivity index (χ1) is 11.6. The Bertz CT molecular complexity index is 398. The van der Waals surface area contributed by atoms with Crippen LogP contribution in [-0.2, 0) is 0 Å². The number of halogens is 2. The Morgan fingerprint density at radius 1 is 1.29 bits per heavy atom. The molecule has 1 aliphatic heterocycles. The average Bonchev–Trinajstić information content (AvgIpc) is 2.61. The van der Waals surface area contributed by atoms with E-state index >= 15 is 0 Å². The third-order valence-electron chi connectivity index (χ3n) is 4.90. The van der Waals surface area contributed by atoms with E-state index in [1.807, 2.05) is 0 Å². The number of thioether (sulfide) groups is 1. The molecule has 1 aliphatic carbocycles. The molecule has 0 amide bonds. The van der Waals surface area contributed by atoms with Crippen LogP contribution in [0.15, 0.2) is 15.6 Å². The highest BCUT2D eigenvalue weighted by Crippen LogP contribution is 2.34. The van der Waals surface area contributed by atoms with Crippen LogP contribution in [0.3, 0.4) is 0 Å². The van der Waals surface area contributed by atoms with Gasteiger partial charge in [-0.05, 0) is 38.9 Å². The standard InChI is InChI=1S/C17H28F2N2S.CH4O/c1-13-10-16(22-12-17(18)19)15(20-2)11-21(13)9-8-14-6-4-3-5-7-14;1-2/h13-14,17H,2-12H2,1H3;2H,1H3. The van der Waals surface area contributed by atoms with E-state index in [0.717, 1.165) is 43.1 Å². The molecule has 2 aliphatic rings. The van der Waals surface area contributed by atoms with Crippen molar-refractivity contribution in [2.75, 3.05) is 26.0 Å². The van der Waals surface area contributed by atoms with E-state index in [1.165, 1.54) is 50.3 Å². The van der Waals surface area contributed by atoms with E-state index in [4.69, 9.17) is 5.11 Å². The lowest BCUT2D eigenvalue weighted by Gasteiger charge is -2.36. The molecule has 1 fully saturated rings. The molecular formula is C18H32F2N2OS. The van der Waals surface area contributed by atoms with Gasteiger partial charge in [-0.3, -0.25) is 9.89 Å². The molecule has 1 atom stereocenters. The number of aliphatic hydroxyl groups is 1. The maximum Gasteiger partial charge on any atom is 0.247 e. The van der Waals surface area contributed by atoms with Crippen molar-refractivity contribution in [1.29, 1.82) is 0 Å². The minimum absolute atomic E-state index is 0.136. The quantitative estimate of drug-likeness (QED) is 0.674. The summed E-state index contributed by atoms with van der Waals surface area (Å²) in [6.07, 6.45) is 6.74. The third kappa shape index (κ3) is 7.19. The molecule has 0 spiro atoms. The van der Waals surface area contributed by atoms with Crippen LogP contribution in [0, 0.1) is 5.92 Å². The Hall–Kier alpha value is -0.460. The van der Waals surface area contributed by atoms with E-state index in [9.17, 15) is 8.78 Å². The van der Waals surface area contributed by atoms with Crippen molar-refractivity contribution in [1.82, 2.24) is 4.90 Å². The SMILES string of the molecule is C=NC1=C(SCC(F)F)CC(C)N(CCC2CCCCC2)C1.CO. The maximum atomic E-state index is 12.4. The van der Waals surface area contributed by atoms with Crippen molar-refractivity contribution in [3.8, 4) is 0 Å². The molecule has 0 bridgehead atoms. The molecule has 1 unspecified atom stereocenters.